The number of hydrogen-bond donors (Lipinski definition) is 2. The third kappa shape index (κ3) is 3.30. The highest BCUT2D eigenvalue weighted by atomic mass is 32.1. The average molecular weight is 253 g/mol. The van der Waals surface area contributed by atoms with Crippen LogP contribution in [0.4, 0.5) is 0 Å². The summed E-state index contributed by atoms with van der Waals surface area (Å²) in [6.45, 7) is 5.34. The van der Waals surface area contributed by atoms with Gasteiger partial charge in [0.25, 0.3) is 0 Å². The number of thiophene rings is 1. The summed E-state index contributed by atoms with van der Waals surface area (Å²) >= 11 is 1.63. The average Bonchev–Trinajstić information content (AvgIpc) is 2.80. The van der Waals surface area contributed by atoms with Gasteiger partial charge < -0.3 is 10.4 Å². The summed E-state index contributed by atoms with van der Waals surface area (Å²) in [7, 11) is 0. The molecule has 0 aliphatic heterocycles. The first-order valence-electron chi connectivity index (χ1n) is 6.54. The summed E-state index contributed by atoms with van der Waals surface area (Å²) in [5.74, 6) is 0. The Bertz CT molecular complexity index is 334. The third-order valence-corrected chi connectivity index (χ3v) is 4.91. The SMILES string of the molecule is CC1(C)CCCCC1NCC(O)c1cccs1. The second-order valence-electron chi connectivity index (χ2n) is 5.73. The molecular formula is C14H23NOS. The van der Waals surface area contributed by atoms with E-state index in [1.807, 2.05) is 17.5 Å². The Morgan fingerprint density at radius 2 is 2.35 bits per heavy atom. The fourth-order valence-corrected chi connectivity index (χ4v) is 3.42. The zero-order chi connectivity index (χ0) is 12.3. The van der Waals surface area contributed by atoms with Gasteiger partial charge in [-0.05, 0) is 29.7 Å². The maximum absolute atomic E-state index is 10.1. The van der Waals surface area contributed by atoms with Gasteiger partial charge in [0.05, 0.1) is 0 Å². The van der Waals surface area contributed by atoms with Crippen LogP contribution in [0.5, 0.6) is 0 Å². The smallest absolute Gasteiger partial charge is 0.101 e. The maximum atomic E-state index is 10.1. The minimum atomic E-state index is -0.354. The van der Waals surface area contributed by atoms with Crippen molar-refractivity contribution in [1.82, 2.24) is 5.32 Å². The monoisotopic (exact) mass is 253 g/mol. The quantitative estimate of drug-likeness (QED) is 0.862. The Labute approximate surface area is 108 Å². The van der Waals surface area contributed by atoms with Gasteiger partial charge in [-0.1, -0.05) is 32.8 Å². The summed E-state index contributed by atoms with van der Waals surface area (Å²) in [5.41, 5.74) is 0.368. The minimum Gasteiger partial charge on any atom is -0.386 e. The molecule has 0 bridgehead atoms. The van der Waals surface area contributed by atoms with Crippen molar-refractivity contribution in [1.29, 1.82) is 0 Å². The van der Waals surface area contributed by atoms with Gasteiger partial charge in [-0.3, -0.25) is 0 Å². The fraction of sp³-hybridized carbons (Fsp3) is 0.714. The number of rotatable bonds is 4. The summed E-state index contributed by atoms with van der Waals surface area (Å²) in [6, 6.07) is 4.54. The van der Waals surface area contributed by atoms with E-state index in [0.29, 0.717) is 18.0 Å². The topological polar surface area (TPSA) is 32.3 Å². The molecule has 1 aromatic heterocycles. The first-order chi connectivity index (χ1) is 8.09. The molecule has 1 aliphatic rings. The molecule has 0 aromatic carbocycles. The second-order valence-corrected chi connectivity index (χ2v) is 6.71. The van der Waals surface area contributed by atoms with Crippen molar-refractivity contribution in [2.24, 2.45) is 5.41 Å². The zero-order valence-electron chi connectivity index (χ0n) is 10.8. The van der Waals surface area contributed by atoms with Crippen molar-refractivity contribution in [3.05, 3.63) is 22.4 Å². The van der Waals surface area contributed by atoms with Crippen LogP contribution in [0.15, 0.2) is 17.5 Å². The Morgan fingerprint density at radius 1 is 1.53 bits per heavy atom. The van der Waals surface area contributed by atoms with Crippen LogP contribution in [0, 0.1) is 5.41 Å². The second kappa shape index (κ2) is 5.51. The van der Waals surface area contributed by atoms with Crippen molar-refractivity contribution >= 4 is 11.3 Å². The number of aliphatic hydroxyl groups excluding tert-OH is 1. The molecule has 2 rings (SSSR count). The van der Waals surface area contributed by atoms with E-state index in [1.54, 1.807) is 11.3 Å². The van der Waals surface area contributed by atoms with Crippen LogP contribution in [-0.2, 0) is 0 Å². The minimum absolute atomic E-state index is 0.354. The standard InChI is InChI=1S/C14H23NOS/c1-14(2)8-4-3-7-13(14)15-10-11(16)12-6-5-9-17-12/h5-6,9,11,13,15-16H,3-4,7-8,10H2,1-2H3. The molecule has 1 aromatic rings. The van der Waals surface area contributed by atoms with Gasteiger partial charge in [0, 0.05) is 17.5 Å². The van der Waals surface area contributed by atoms with Crippen LogP contribution in [0.3, 0.4) is 0 Å². The highest BCUT2D eigenvalue weighted by Crippen LogP contribution is 2.35. The molecule has 3 heteroatoms. The number of hydrogen-bond acceptors (Lipinski definition) is 3. The first-order valence-corrected chi connectivity index (χ1v) is 7.42. The van der Waals surface area contributed by atoms with Crippen LogP contribution >= 0.6 is 11.3 Å². The van der Waals surface area contributed by atoms with Crippen LogP contribution in [0.2, 0.25) is 0 Å². The Kier molecular flexibility index (Phi) is 4.23. The van der Waals surface area contributed by atoms with Crippen molar-refractivity contribution < 1.29 is 5.11 Å². The molecule has 17 heavy (non-hydrogen) atoms. The molecular weight excluding hydrogens is 230 g/mol. The van der Waals surface area contributed by atoms with Gasteiger partial charge in [-0.2, -0.15) is 0 Å². The van der Waals surface area contributed by atoms with Gasteiger partial charge in [-0.15, -0.1) is 11.3 Å². The predicted octanol–water partition coefficient (Wildman–Crippen LogP) is 3.34. The molecule has 0 saturated heterocycles. The largest absolute Gasteiger partial charge is 0.386 e. The highest BCUT2D eigenvalue weighted by molar-refractivity contribution is 7.10. The van der Waals surface area contributed by atoms with Crippen LogP contribution in [-0.4, -0.2) is 17.7 Å². The number of nitrogens with one attached hydrogen (secondary N) is 1. The van der Waals surface area contributed by atoms with Crippen molar-refractivity contribution in [3.63, 3.8) is 0 Å². The van der Waals surface area contributed by atoms with E-state index >= 15 is 0 Å². The lowest BCUT2D eigenvalue weighted by Crippen LogP contribution is -2.45. The molecule has 2 N–H and O–H groups in total. The summed E-state index contributed by atoms with van der Waals surface area (Å²) in [5, 5.41) is 15.6. The Hall–Kier alpha value is -0.380. The summed E-state index contributed by atoms with van der Waals surface area (Å²) in [6.07, 6.45) is 4.84. The molecule has 2 atom stereocenters. The zero-order valence-corrected chi connectivity index (χ0v) is 11.6. The van der Waals surface area contributed by atoms with E-state index in [1.165, 1.54) is 25.7 Å². The van der Waals surface area contributed by atoms with Crippen LogP contribution < -0.4 is 5.32 Å². The number of aliphatic hydroxyl groups is 1. The van der Waals surface area contributed by atoms with E-state index in [9.17, 15) is 5.11 Å². The summed E-state index contributed by atoms with van der Waals surface area (Å²) in [4.78, 5) is 1.06. The van der Waals surface area contributed by atoms with E-state index < -0.39 is 0 Å². The molecule has 96 valence electrons. The normalized spacial score (nSPS) is 25.7. The van der Waals surface area contributed by atoms with Crippen molar-refractivity contribution in [2.45, 2.75) is 51.7 Å². The molecule has 1 aliphatic carbocycles. The van der Waals surface area contributed by atoms with Crippen LogP contribution in [0.1, 0.15) is 50.5 Å². The molecule has 0 spiro atoms. The van der Waals surface area contributed by atoms with E-state index in [0.717, 1.165) is 4.88 Å². The maximum Gasteiger partial charge on any atom is 0.101 e. The highest BCUT2D eigenvalue weighted by Gasteiger charge is 2.31. The van der Waals surface area contributed by atoms with Crippen molar-refractivity contribution in [3.8, 4) is 0 Å². The van der Waals surface area contributed by atoms with Crippen LogP contribution in [0.25, 0.3) is 0 Å². The molecule has 1 fully saturated rings. The van der Waals surface area contributed by atoms with E-state index in [2.05, 4.69) is 19.2 Å². The molecule has 1 heterocycles. The lowest BCUT2D eigenvalue weighted by molar-refractivity contribution is 0.128. The lowest BCUT2D eigenvalue weighted by Gasteiger charge is -2.39. The molecule has 0 radical (unpaired) electrons. The summed E-state index contributed by atoms with van der Waals surface area (Å²) < 4.78 is 0. The fourth-order valence-electron chi connectivity index (χ4n) is 2.71. The lowest BCUT2D eigenvalue weighted by atomic mass is 9.73. The molecule has 1 saturated carbocycles. The molecule has 2 unspecified atom stereocenters. The third-order valence-electron chi connectivity index (χ3n) is 3.94. The van der Waals surface area contributed by atoms with Gasteiger partial charge in [-0.25, -0.2) is 0 Å². The van der Waals surface area contributed by atoms with Gasteiger partial charge in [0.2, 0.25) is 0 Å². The molecule has 2 nitrogen and oxygen atoms in total. The predicted molar refractivity (Wildman–Crippen MR) is 73.3 cm³/mol. The van der Waals surface area contributed by atoms with E-state index in [-0.39, 0.29) is 6.10 Å². The van der Waals surface area contributed by atoms with Gasteiger partial charge in [0.15, 0.2) is 0 Å². The Morgan fingerprint density at radius 3 is 3.00 bits per heavy atom. The Balaban J connectivity index is 1.85. The van der Waals surface area contributed by atoms with Gasteiger partial charge in [0.1, 0.15) is 6.10 Å². The first kappa shape index (κ1) is 13.1. The van der Waals surface area contributed by atoms with E-state index in [4.69, 9.17) is 0 Å². The molecule has 0 amide bonds. The van der Waals surface area contributed by atoms with Gasteiger partial charge >= 0.3 is 0 Å². The van der Waals surface area contributed by atoms with Crippen molar-refractivity contribution in [2.75, 3.05) is 6.54 Å².